The number of ether oxygens (including phenoxy) is 1. The zero-order valence-electron chi connectivity index (χ0n) is 10.2. The number of hydrogen-bond acceptors (Lipinski definition) is 6. The van der Waals surface area contributed by atoms with Gasteiger partial charge in [-0.3, -0.25) is 10.6 Å². The molecule has 0 saturated heterocycles. The predicted molar refractivity (Wildman–Crippen MR) is 66.5 cm³/mol. The van der Waals surface area contributed by atoms with Crippen molar-refractivity contribution >= 4 is 11.7 Å². The summed E-state index contributed by atoms with van der Waals surface area (Å²) >= 11 is 0. The highest BCUT2D eigenvalue weighted by Crippen LogP contribution is 2.20. The van der Waals surface area contributed by atoms with Crippen LogP contribution in [0, 0.1) is 0 Å². The molecule has 0 bridgehead atoms. The van der Waals surface area contributed by atoms with Crippen LogP contribution in [-0.4, -0.2) is 28.9 Å². The number of aliphatic hydroxyl groups is 2. The molecule has 0 amide bonds. The van der Waals surface area contributed by atoms with Gasteiger partial charge >= 0.3 is 5.97 Å². The van der Waals surface area contributed by atoms with Crippen molar-refractivity contribution < 1.29 is 19.7 Å². The van der Waals surface area contributed by atoms with Gasteiger partial charge in [0.1, 0.15) is 6.10 Å². The van der Waals surface area contributed by atoms with Gasteiger partial charge in [-0.15, -0.1) is 0 Å². The second-order valence-electron chi connectivity index (χ2n) is 3.79. The van der Waals surface area contributed by atoms with Crippen molar-refractivity contribution in [2.45, 2.75) is 25.6 Å². The van der Waals surface area contributed by atoms with E-state index in [0.717, 1.165) is 0 Å². The maximum Gasteiger partial charge on any atom is 0.308 e. The van der Waals surface area contributed by atoms with Crippen LogP contribution < -0.4 is 11.3 Å². The van der Waals surface area contributed by atoms with Crippen LogP contribution in [0.1, 0.15) is 25.0 Å². The molecule has 0 aliphatic carbocycles. The molecule has 6 heteroatoms. The van der Waals surface area contributed by atoms with Gasteiger partial charge in [0.05, 0.1) is 19.1 Å². The Morgan fingerprint density at radius 3 is 2.50 bits per heavy atom. The van der Waals surface area contributed by atoms with Crippen molar-refractivity contribution in [1.29, 1.82) is 0 Å². The van der Waals surface area contributed by atoms with E-state index >= 15 is 0 Å². The summed E-state index contributed by atoms with van der Waals surface area (Å²) in [5.74, 6) is 4.67. The average molecular weight is 254 g/mol. The second kappa shape index (κ2) is 6.95. The van der Waals surface area contributed by atoms with Crippen LogP contribution in [-0.2, 0) is 9.53 Å². The molecule has 0 spiro atoms. The van der Waals surface area contributed by atoms with Gasteiger partial charge in [-0.1, -0.05) is 12.1 Å². The van der Waals surface area contributed by atoms with Crippen molar-refractivity contribution in [3.8, 4) is 0 Å². The van der Waals surface area contributed by atoms with Crippen LogP contribution in [0.5, 0.6) is 0 Å². The fraction of sp³-hybridized carbons (Fsp3) is 0.417. The number of esters is 1. The number of hydrogen-bond donors (Lipinski definition) is 4. The summed E-state index contributed by atoms with van der Waals surface area (Å²) in [7, 11) is 0. The van der Waals surface area contributed by atoms with E-state index in [1.807, 2.05) is 0 Å². The number of anilines is 1. The van der Waals surface area contributed by atoms with Crippen molar-refractivity contribution in [3.05, 3.63) is 29.8 Å². The molecular weight excluding hydrogens is 236 g/mol. The maximum atomic E-state index is 11.2. The number of nitrogens with one attached hydrogen (secondary N) is 1. The molecule has 6 nitrogen and oxygen atoms in total. The van der Waals surface area contributed by atoms with Crippen LogP contribution in [0.25, 0.3) is 0 Å². The number of hydrazine groups is 1. The lowest BCUT2D eigenvalue weighted by Gasteiger charge is -2.17. The highest BCUT2D eigenvalue weighted by atomic mass is 16.5. The van der Waals surface area contributed by atoms with Crippen LogP contribution in [0.2, 0.25) is 0 Å². The van der Waals surface area contributed by atoms with Gasteiger partial charge < -0.3 is 20.4 Å². The van der Waals surface area contributed by atoms with E-state index in [2.05, 4.69) is 5.43 Å². The Bertz CT molecular complexity index is 380. The molecule has 0 aliphatic rings. The number of benzene rings is 1. The minimum atomic E-state index is -1.19. The third-order valence-corrected chi connectivity index (χ3v) is 2.46. The lowest BCUT2D eigenvalue weighted by molar-refractivity contribution is -0.147. The molecule has 0 aliphatic heterocycles. The number of carbonyl (C=O) groups excluding carboxylic acids is 1. The minimum Gasteiger partial charge on any atom is -0.466 e. The van der Waals surface area contributed by atoms with E-state index in [4.69, 9.17) is 10.6 Å². The minimum absolute atomic E-state index is 0.244. The smallest absolute Gasteiger partial charge is 0.308 e. The fourth-order valence-corrected chi connectivity index (χ4v) is 1.50. The van der Waals surface area contributed by atoms with Crippen LogP contribution in [0.4, 0.5) is 5.69 Å². The van der Waals surface area contributed by atoms with E-state index in [0.29, 0.717) is 11.3 Å². The molecule has 18 heavy (non-hydrogen) atoms. The van der Waals surface area contributed by atoms with Gasteiger partial charge in [-0.25, -0.2) is 0 Å². The predicted octanol–water partition coefficient (Wildman–Crippen LogP) is 0.320. The quantitative estimate of drug-likeness (QED) is 0.331. The van der Waals surface area contributed by atoms with Gasteiger partial charge in [-0.2, -0.15) is 0 Å². The molecule has 0 saturated carbocycles. The lowest BCUT2D eigenvalue weighted by atomic mass is 10.0. The van der Waals surface area contributed by atoms with E-state index in [-0.39, 0.29) is 13.0 Å². The highest BCUT2D eigenvalue weighted by Gasteiger charge is 2.21. The highest BCUT2D eigenvalue weighted by molar-refractivity contribution is 5.70. The SMILES string of the molecule is CCOC(=O)CC(O)C(O)c1ccc(NN)cc1. The second-order valence-corrected chi connectivity index (χ2v) is 3.79. The summed E-state index contributed by atoms with van der Waals surface area (Å²) in [6.07, 6.45) is -2.58. The summed E-state index contributed by atoms with van der Waals surface area (Å²) in [6, 6.07) is 6.56. The topological polar surface area (TPSA) is 105 Å². The molecule has 0 aromatic heterocycles. The summed E-state index contributed by atoms with van der Waals surface area (Å²) in [4.78, 5) is 11.2. The molecule has 1 aromatic rings. The van der Waals surface area contributed by atoms with Crippen molar-refractivity contribution in [2.75, 3.05) is 12.0 Å². The molecule has 2 atom stereocenters. The molecule has 2 unspecified atom stereocenters. The first-order valence-corrected chi connectivity index (χ1v) is 5.66. The van der Waals surface area contributed by atoms with E-state index in [9.17, 15) is 15.0 Å². The molecule has 0 radical (unpaired) electrons. The first-order chi connectivity index (χ1) is 8.58. The molecule has 1 aromatic carbocycles. The third-order valence-electron chi connectivity index (χ3n) is 2.46. The third kappa shape index (κ3) is 3.99. The Kier molecular flexibility index (Phi) is 5.57. The van der Waals surface area contributed by atoms with Crippen LogP contribution >= 0.6 is 0 Å². The van der Waals surface area contributed by atoms with Gasteiger partial charge in [0, 0.05) is 5.69 Å². The zero-order chi connectivity index (χ0) is 13.5. The van der Waals surface area contributed by atoms with E-state index in [1.54, 1.807) is 31.2 Å². The van der Waals surface area contributed by atoms with Gasteiger partial charge in [0.15, 0.2) is 0 Å². The van der Waals surface area contributed by atoms with Gasteiger partial charge in [0.25, 0.3) is 0 Å². The van der Waals surface area contributed by atoms with E-state index in [1.165, 1.54) is 0 Å². The molecule has 0 heterocycles. The van der Waals surface area contributed by atoms with Crippen molar-refractivity contribution in [3.63, 3.8) is 0 Å². The number of nitrogen functional groups attached to an aromatic ring is 1. The molecule has 0 fully saturated rings. The Morgan fingerprint density at radius 1 is 1.39 bits per heavy atom. The maximum absolute atomic E-state index is 11.2. The number of aliphatic hydroxyl groups excluding tert-OH is 2. The lowest BCUT2D eigenvalue weighted by Crippen LogP contribution is -2.23. The zero-order valence-corrected chi connectivity index (χ0v) is 10.2. The number of nitrogens with two attached hydrogens (primary N) is 1. The number of carbonyl (C=O) groups is 1. The monoisotopic (exact) mass is 254 g/mol. The van der Waals surface area contributed by atoms with Crippen LogP contribution in [0.3, 0.4) is 0 Å². The number of rotatable bonds is 6. The first kappa shape index (κ1) is 14.4. The Balaban J connectivity index is 2.61. The summed E-state index contributed by atoms with van der Waals surface area (Å²) in [6.45, 7) is 1.93. The van der Waals surface area contributed by atoms with E-state index < -0.39 is 18.2 Å². The summed E-state index contributed by atoms with van der Waals surface area (Å²) in [5.41, 5.74) is 3.64. The molecule has 1 rings (SSSR count). The Labute approximate surface area is 105 Å². The molecule has 100 valence electrons. The van der Waals surface area contributed by atoms with Gasteiger partial charge in [-0.05, 0) is 24.6 Å². The molecule has 5 N–H and O–H groups in total. The largest absolute Gasteiger partial charge is 0.466 e. The van der Waals surface area contributed by atoms with Gasteiger partial charge in [0.2, 0.25) is 0 Å². The normalized spacial score (nSPS) is 13.8. The molecular formula is C12H18N2O4. The van der Waals surface area contributed by atoms with Crippen molar-refractivity contribution in [1.82, 2.24) is 0 Å². The standard InChI is InChI=1S/C12H18N2O4/c1-2-18-11(16)7-10(15)12(17)8-3-5-9(14-13)6-4-8/h3-6,10,12,14-15,17H,2,7,13H2,1H3. The fourth-order valence-electron chi connectivity index (χ4n) is 1.50. The summed E-state index contributed by atoms with van der Waals surface area (Å²) < 4.78 is 4.70. The Hall–Kier alpha value is -1.63. The average Bonchev–Trinajstić information content (AvgIpc) is 2.38. The summed E-state index contributed by atoms with van der Waals surface area (Å²) in [5, 5.41) is 19.6. The Morgan fingerprint density at radius 2 is 2.00 bits per heavy atom. The van der Waals surface area contributed by atoms with Crippen molar-refractivity contribution in [2.24, 2.45) is 5.84 Å². The first-order valence-electron chi connectivity index (χ1n) is 5.66. The van der Waals surface area contributed by atoms with Crippen LogP contribution in [0.15, 0.2) is 24.3 Å².